The molecule has 1 saturated heterocycles. The number of nitriles is 1. The second-order valence-electron chi connectivity index (χ2n) is 5.88. The normalized spacial score (nSPS) is 14.5. The highest BCUT2D eigenvalue weighted by Gasteiger charge is 2.11. The van der Waals surface area contributed by atoms with Crippen molar-refractivity contribution in [3.8, 4) is 23.1 Å². The van der Waals surface area contributed by atoms with Crippen LogP contribution in [0.25, 0.3) is 11.3 Å². The third-order valence-electron chi connectivity index (χ3n) is 4.15. The molecule has 1 aliphatic rings. The van der Waals surface area contributed by atoms with Gasteiger partial charge in [-0.05, 0) is 56.6 Å². The summed E-state index contributed by atoms with van der Waals surface area (Å²) in [6, 6.07) is 10.6. The highest BCUT2D eigenvalue weighted by molar-refractivity contribution is 5.63. The van der Waals surface area contributed by atoms with Crippen LogP contribution in [-0.4, -0.2) is 41.3 Å². The van der Waals surface area contributed by atoms with Crippen molar-refractivity contribution in [3.63, 3.8) is 0 Å². The van der Waals surface area contributed by atoms with Gasteiger partial charge >= 0.3 is 0 Å². The quantitative estimate of drug-likeness (QED) is 0.824. The van der Waals surface area contributed by atoms with Gasteiger partial charge in [-0.1, -0.05) is 0 Å². The molecule has 0 bridgehead atoms. The molecule has 1 aliphatic heterocycles. The first kappa shape index (κ1) is 16.2. The summed E-state index contributed by atoms with van der Waals surface area (Å²) in [5.41, 5.74) is 1.61. The molecule has 0 amide bonds. The fraction of sp³-hybridized carbons (Fsp3) is 0.389. The number of likely N-dealkylation sites (tertiary alicyclic amines) is 1. The maximum Gasteiger partial charge on any atom is 0.264 e. The second-order valence-corrected chi connectivity index (χ2v) is 5.88. The Bertz CT molecular complexity index is 768. The van der Waals surface area contributed by atoms with Crippen molar-refractivity contribution in [1.82, 2.24) is 15.1 Å². The van der Waals surface area contributed by atoms with Gasteiger partial charge in [0.2, 0.25) is 0 Å². The molecule has 0 saturated carbocycles. The van der Waals surface area contributed by atoms with Gasteiger partial charge in [-0.25, -0.2) is 5.10 Å². The van der Waals surface area contributed by atoms with Gasteiger partial charge in [0.25, 0.3) is 5.56 Å². The molecular formula is C18H20N4O2. The van der Waals surface area contributed by atoms with Crippen molar-refractivity contribution >= 4 is 0 Å². The number of benzene rings is 1. The summed E-state index contributed by atoms with van der Waals surface area (Å²) in [5, 5.41) is 15.7. The molecule has 1 fully saturated rings. The lowest BCUT2D eigenvalue weighted by Gasteiger charge is -2.15. The SMILES string of the molecule is N#Cc1cc(-c2ccc(=O)[nH]n2)ccc1OCCCN1CCCC1. The molecule has 6 heteroatoms. The van der Waals surface area contributed by atoms with Gasteiger partial charge in [-0.15, -0.1) is 0 Å². The number of H-pyrrole nitrogens is 1. The first-order chi connectivity index (χ1) is 11.8. The standard InChI is InChI=1S/C18H20N4O2/c19-13-15-12-14(16-5-7-18(23)21-20-16)4-6-17(15)24-11-3-10-22-8-1-2-9-22/h4-7,12H,1-3,8-11H2,(H,21,23). The van der Waals surface area contributed by atoms with Gasteiger partial charge in [0, 0.05) is 18.2 Å². The minimum Gasteiger partial charge on any atom is -0.492 e. The van der Waals surface area contributed by atoms with E-state index in [-0.39, 0.29) is 5.56 Å². The minimum atomic E-state index is -0.253. The van der Waals surface area contributed by atoms with E-state index in [2.05, 4.69) is 21.2 Å². The number of aromatic amines is 1. The van der Waals surface area contributed by atoms with E-state index in [4.69, 9.17) is 4.74 Å². The Hall–Kier alpha value is -2.65. The van der Waals surface area contributed by atoms with Crippen LogP contribution in [0, 0.1) is 11.3 Å². The Labute approximate surface area is 140 Å². The Morgan fingerprint density at radius 2 is 2.08 bits per heavy atom. The highest BCUT2D eigenvalue weighted by atomic mass is 16.5. The summed E-state index contributed by atoms with van der Waals surface area (Å²) in [6.45, 7) is 4.01. The fourth-order valence-corrected chi connectivity index (χ4v) is 2.88. The Balaban J connectivity index is 1.62. The predicted octanol–water partition coefficient (Wildman–Crippen LogP) is 2.17. The van der Waals surface area contributed by atoms with Crippen molar-refractivity contribution in [2.45, 2.75) is 19.3 Å². The molecule has 124 valence electrons. The van der Waals surface area contributed by atoms with Crippen LogP contribution >= 0.6 is 0 Å². The molecule has 3 rings (SSSR count). The second kappa shape index (κ2) is 7.75. The van der Waals surface area contributed by atoms with Crippen molar-refractivity contribution < 1.29 is 4.74 Å². The maximum atomic E-state index is 11.1. The Kier molecular flexibility index (Phi) is 5.24. The van der Waals surface area contributed by atoms with Crippen LogP contribution in [0.5, 0.6) is 5.75 Å². The number of ether oxygens (including phenoxy) is 1. The average molecular weight is 324 g/mol. The Morgan fingerprint density at radius 3 is 2.79 bits per heavy atom. The molecular weight excluding hydrogens is 304 g/mol. The number of hydrogen-bond acceptors (Lipinski definition) is 5. The van der Waals surface area contributed by atoms with Crippen molar-refractivity contribution in [2.24, 2.45) is 0 Å². The summed E-state index contributed by atoms with van der Waals surface area (Å²) >= 11 is 0. The van der Waals surface area contributed by atoms with E-state index in [0.29, 0.717) is 23.6 Å². The van der Waals surface area contributed by atoms with Crippen LogP contribution in [0.1, 0.15) is 24.8 Å². The summed E-state index contributed by atoms with van der Waals surface area (Å²) in [5.74, 6) is 0.590. The zero-order chi connectivity index (χ0) is 16.8. The third kappa shape index (κ3) is 4.00. The average Bonchev–Trinajstić information content (AvgIpc) is 3.13. The third-order valence-corrected chi connectivity index (χ3v) is 4.15. The lowest BCUT2D eigenvalue weighted by Crippen LogP contribution is -2.21. The smallest absolute Gasteiger partial charge is 0.264 e. The van der Waals surface area contributed by atoms with Gasteiger partial charge in [-0.3, -0.25) is 4.79 Å². The number of aromatic nitrogens is 2. The molecule has 1 aromatic carbocycles. The number of hydrogen-bond donors (Lipinski definition) is 1. The highest BCUT2D eigenvalue weighted by Crippen LogP contribution is 2.24. The summed E-state index contributed by atoms with van der Waals surface area (Å²) in [4.78, 5) is 13.5. The summed E-state index contributed by atoms with van der Waals surface area (Å²) in [6.07, 6.45) is 3.54. The van der Waals surface area contributed by atoms with Gasteiger partial charge in [0.05, 0.1) is 17.9 Å². The van der Waals surface area contributed by atoms with Gasteiger partial charge < -0.3 is 9.64 Å². The lowest BCUT2D eigenvalue weighted by atomic mass is 10.1. The molecule has 6 nitrogen and oxygen atoms in total. The molecule has 0 spiro atoms. The molecule has 1 aromatic heterocycles. The molecule has 0 aliphatic carbocycles. The van der Waals surface area contributed by atoms with Crippen LogP contribution < -0.4 is 10.3 Å². The fourth-order valence-electron chi connectivity index (χ4n) is 2.88. The molecule has 0 atom stereocenters. The van der Waals surface area contributed by atoms with E-state index in [1.54, 1.807) is 18.2 Å². The van der Waals surface area contributed by atoms with Crippen LogP contribution in [0.3, 0.4) is 0 Å². The van der Waals surface area contributed by atoms with Crippen molar-refractivity contribution in [2.75, 3.05) is 26.2 Å². The molecule has 24 heavy (non-hydrogen) atoms. The lowest BCUT2D eigenvalue weighted by molar-refractivity contribution is 0.263. The molecule has 2 aromatic rings. The van der Waals surface area contributed by atoms with Gasteiger partial charge in [0.15, 0.2) is 0 Å². The van der Waals surface area contributed by atoms with Crippen LogP contribution in [0.2, 0.25) is 0 Å². The van der Waals surface area contributed by atoms with Crippen LogP contribution in [0.4, 0.5) is 0 Å². The van der Waals surface area contributed by atoms with Crippen LogP contribution in [0.15, 0.2) is 35.1 Å². The molecule has 1 N–H and O–H groups in total. The molecule has 2 heterocycles. The first-order valence-electron chi connectivity index (χ1n) is 8.22. The largest absolute Gasteiger partial charge is 0.492 e. The van der Waals surface area contributed by atoms with Crippen molar-refractivity contribution in [3.05, 3.63) is 46.2 Å². The molecule has 0 radical (unpaired) electrons. The number of nitrogens with one attached hydrogen (secondary N) is 1. The topological polar surface area (TPSA) is 82.0 Å². The molecule has 0 unspecified atom stereocenters. The first-order valence-corrected chi connectivity index (χ1v) is 8.22. The van der Waals surface area contributed by atoms with E-state index in [0.717, 1.165) is 18.5 Å². The van der Waals surface area contributed by atoms with E-state index >= 15 is 0 Å². The predicted molar refractivity (Wildman–Crippen MR) is 90.8 cm³/mol. The van der Waals surface area contributed by atoms with Gasteiger partial charge in [-0.2, -0.15) is 10.4 Å². The van der Waals surface area contributed by atoms with E-state index in [1.165, 1.54) is 32.0 Å². The van der Waals surface area contributed by atoms with E-state index < -0.39 is 0 Å². The summed E-state index contributed by atoms with van der Waals surface area (Å²) in [7, 11) is 0. The Morgan fingerprint density at radius 1 is 1.25 bits per heavy atom. The van der Waals surface area contributed by atoms with Crippen molar-refractivity contribution in [1.29, 1.82) is 5.26 Å². The minimum absolute atomic E-state index is 0.253. The van der Waals surface area contributed by atoms with Crippen LogP contribution in [-0.2, 0) is 0 Å². The number of nitrogens with zero attached hydrogens (tertiary/aromatic N) is 3. The zero-order valence-corrected chi connectivity index (χ0v) is 13.5. The monoisotopic (exact) mass is 324 g/mol. The number of rotatable bonds is 6. The van der Waals surface area contributed by atoms with E-state index in [1.807, 2.05) is 6.07 Å². The van der Waals surface area contributed by atoms with E-state index in [9.17, 15) is 10.1 Å². The summed E-state index contributed by atoms with van der Waals surface area (Å²) < 4.78 is 5.77. The maximum absolute atomic E-state index is 11.1. The zero-order valence-electron chi connectivity index (χ0n) is 13.5. The van der Waals surface area contributed by atoms with Gasteiger partial charge in [0.1, 0.15) is 11.8 Å².